The van der Waals surface area contributed by atoms with Crippen molar-refractivity contribution in [1.82, 2.24) is 0 Å². The van der Waals surface area contributed by atoms with Crippen molar-refractivity contribution in [3.63, 3.8) is 0 Å². The number of carbonyl (C=O) groups is 2. The molecule has 0 aliphatic heterocycles. The number of benzene rings is 2. The Balaban J connectivity index is 1.86. The molecule has 0 saturated carbocycles. The van der Waals surface area contributed by atoms with Crippen LogP contribution in [0.3, 0.4) is 0 Å². The van der Waals surface area contributed by atoms with Crippen LogP contribution in [-0.4, -0.2) is 11.9 Å². The number of hydrogen-bond donors (Lipinski definition) is 1. The van der Waals surface area contributed by atoms with E-state index in [1.165, 1.54) is 25.1 Å². The van der Waals surface area contributed by atoms with Gasteiger partial charge in [0.2, 0.25) is 5.91 Å². The van der Waals surface area contributed by atoms with E-state index in [-0.39, 0.29) is 18.3 Å². The molecular weight excluding hydrogens is 297 g/mol. The summed E-state index contributed by atoms with van der Waals surface area (Å²) in [7, 11) is 0. The van der Waals surface area contributed by atoms with E-state index < -0.39 is 5.97 Å². The number of ether oxygens (including phenoxy) is 1. The predicted octanol–water partition coefficient (Wildman–Crippen LogP) is 3.54. The van der Waals surface area contributed by atoms with Gasteiger partial charge in [0, 0.05) is 18.7 Å². The summed E-state index contributed by atoms with van der Waals surface area (Å²) in [6, 6.07) is 12.9. The first kappa shape index (κ1) is 16.4. The highest BCUT2D eigenvalue weighted by Gasteiger charge is 2.00. The molecule has 0 fully saturated rings. The van der Waals surface area contributed by atoms with Crippen LogP contribution in [0.2, 0.25) is 0 Å². The first-order valence-electron chi connectivity index (χ1n) is 7.00. The average molecular weight is 313 g/mol. The van der Waals surface area contributed by atoms with Crippen LogP contribution in [0.4, 0.5) is 10.1 Å². The number of nitrogens with one attached hydrogen (secondary N) is 1. The van der Waals surface area contributed by atoms with Crippen LogP contribution in [0, 0.1) is 5.82 Å². The van der Waals surface area contributed by atoms with Gasteiger partial charge in [0.1, 0.15) is 12.4 Å². The molecule has 0 unspecified atom stereocenters. The molecule has 5 heteroatoms. The number of halogens is 1. The fraction of sp³-hybridized carbons (Fsp3) is 0.111. The van der Waals surface area contributed by atoms with Crippen molar-refractivity contribution in [2.75, 3.05) is 5.32 Å². The summed E-state index contributed by atoms with van der Waals surface area (Å²) in [5.41, 5.74) is 2.07. The molecule has 118 valence electrons. The lowest BCUT2D eigenvalue weighted by Crippen LogP contribution is -2.05. The van der Waals surface area contributed by atoms with E-state index >= 15 is 0 Å². The number of esters is 1. The summed E-state index contributed by atoms with van der Waals surface area (Å²) in [4.78, 5) is 22.5. The highest BCUT2D eigenvalue weighted by atomic mass is 19.1. The van der Waals surface area contributed by atoms with Crippen LogP contribution in [0.15, 0.2) is 54.6 Å². The summed E-state index contributed by atoms with van der Waals surface area (Å²) < 4.78 is 18.0. The van der Waals surface area contributed by atoms with Crippen molar-refractivity contribution < 1.29 is 18.7 Å². The van der Waals surface area contributed by atoms with Crippen LogP contribution in [0.25, 0.3) is 6.08 Å². The van der Waals surface area contributed by atoms with Gasteiger partial charge in [-0.1, -0.05) is 24.3 Å². The lowest BCUT2D eigenvalue weighted by molar-refractivity contribution is -0.138. The third-order valence-electron chi connectivity index (χ3n) is 2.91. The van der Waals surface area contributed by atoms with Gasteiger partial charge in [0.05, 0.1) is 0 Å². The van der Waals surface area contributed by atoms with E-state index in [4.69, 9.17) is 4.74 Å². The van der Waals surface area contributed by atoms with E-state index in [1.807, 2.05) is 0 Å². The summed E-state index contributed by atoms with van der Waals surface area (Å²) in [6.07, 6.45) is 2.90. The normalized spacial score (nSPS) is 10.5. The van der Waals surface area contributed by atoms with Gasteiger partial charge in [-0.15, -0.1) is 0 Å². The first-order valence-corrected chi connectivity index (χ1v) is 7.00. The highest BCUT2D eigenvalue weighted by Crippen LogP contribution is 2.11. The maximum absolute atomic E-state index is 13.0. The zero-order chi connectivity index (χ0) is 16.7. The molecule has 0 saturated heterocycles. The van der Waals surface area contributed by atoms with Gasteiger partial charge in [0.25, 0.3) is 0 Å². The molecule has 1 amide bonds. The minimum absolute atomic E-state index is 0.0163. The van der Waals surface area contributed by atoms with Gasteiger partial charge in [-0.3, -0.25) is 4.79 Å². The number of hydrogen-bond acceptors (Lipinski definition) is 3. The molecule has 0 radical (unpaired) electrons. The molecule has 2 aromatic carbocycles. The number of rotatable bonds is 5. The van der Waals surface area contributed by atoms with E-state index in [9.17, 15) is 14.0 Å². The summed E-state index contributed by atoms with van der Waals surface area (Å²) in [5, 5.41) is 2.65. The molecule has 2 aromatic rings. The SMILES string of the molecule is CC(=O)Nc1ccc(/C=C/C(=O)OCc2cccc(F)c2)cc1. The van der Waals surface area contributed by atoms with Crippen LogP contribution in [0.5, 0.6) is 0 Å². The third-order valence-corrected chi connectivity index (χ3v) is 2.91. The van der Waals surface area contributed by atoms with E-state index in [0.29, 0.717) is 11.3 Å². The van der Waals surface area contributed by atoms with Crippen LogP contribution < -0.4 is 5.32 Å². The van der Waals surface area contributed by atoms with Gasteiger partial charge < -0.3 is 10.1 Å². The van der Waals surface area contributed by atoms with Gasteiger partial charge >= 0.3 is 5.97 Å². The fourth-order valence-electron chi connectivity index (χ4n) is 1.87. The maximum atomic E-state index is 13.0. The molecule has 0 aliphatic rings. The highest BCUT2D eigenvalue weighted by molar-refractivity contribution is 5.89. The molecule has 23 heavy (non-hydrogen) atoms. The summed E-state index contributed by atoms with van der Waals surface area (Å²) in [5.74, 6) is -1.03. The monoisotopic (exact) mass is 313 g/mol. The van der Waals surface area contributed by atoms with E-state index in [1.54, 1.807) is 42.5 Å². The predicted molar refractivity (Wildman–Crippen MR) is 86.0 cm³/mol. The van der Waals surface area contributed by atoms with Crippen LogP contribution in [-0.2, 0) is 20.9 Å². The quantitative estimate of drug-likeness (QED) is 0.678. The molecule has 0 bridgehead atoms. The Labute approximate surface area is 133 Å². The molecule has 2 rings (SSSR count). The minimum Gasteiger partial charge on any atom is -0.458 e. The van der Waals surface area contributed by atoms with Gasteiger partial charge in [-0.2, -0.15) is 0 Å². The largest absolute Gasteiger partial charge is 0.458 e. The Bertz CT molecular complexity index is 723. The lowest BCUT2D eigenvalue weighted by Gasteiger charge is -2.03. The molecule has 4 nitrogen and oxygen atoms in total. The Hall–Kier alpha value is -2.95. The Morgan fingerprint density at radius 1 is 1.17 bits per heavy atom. The molecule has 1 N–H and O–H groups in total. The van der Waals surface area contributed by atoms with E-state index in [0.717, 1.165) is 5.56 Å². The zero-order valence-corrected chi connectivity index (χ0v) is 12.6. The fourth-order valence-corrected chi connectivity index (χ4v) is 1.87. The Morgan fingerprint density at radius 2 is 1.91 bits per heavy atom. The Kier molecular flexibility index (Phi) is 5.63. The summed E-state index contributed by atoms with van der Waals surface area (Å²) in [6.45, 7) is 1.45. The topological polar surface area (TPSA) is 55.4 Å². The number of anilines is 1. The van der Waals surface area contributed by atoms with Crippen LogP contribution in [0.1, 0.15) is 18.1 Å². The van der Waals surface area contributed by atoms with Gasteiger partial charge in [0.15, 0.2) is 0 Å². The molecule has 0 aromatic heterocycles. The lowest BCUT2D eigenvalue weighted by atomic mass is 10.2. The second-order valence-electron chi connectivity index (χ2n) is 4.87. The smallest absolute Gasteiger partial charge is 0.331 e. The second-order valence-corrected chi connectivity index (χ2v) is 4.87. The van der Waals surface area contributed by atoms with Crippen molar-refractivity contribution in [2.24, 2.45) is 0 Å². The third kappa shape index (κ3) is 5.74. The van der Waals surface area contributed by atoms with Crippen molar-refractivity contribution in [1.29, 1.82) is 0 Å². The molecule has 0 atom stereocenters. The van der Waals surface area contributed by atoms with Crippen molar-refractivity contribution in [2.45, 2.75) is 13.5 Å². The van der Waals surface area contributed by atoms with Crippen molar-refractivity contribution in [3.8, 4) is 0 Å². The molecular formula is C18H16FNO3. The standard InChI is InChI=1S/C18H16FNO3/c1-13(21)20-17-8-5-14(6-9-17)7-10-18(22)23-12-15-3-2-4-16(19)11-15/h2-11H,12H2,1H3,(H,20,21)/b10-7+. The first-order chi connectivity index (χ1) is 11.0. The van der Waals surface area contributed by atoms with Crippen molar-refractivity contribution in [3.05, 3.63) is 71.6 Å². The van der Waals surface area contributed by atoms with E-state index in [2.05, 4.69) is 5.32 Å². The Morgan fingerprint density at radius 3 is 2.57 bits per heavy atom. The number of amides is 1. The van der Waals surface area contributed by atoms with Crippen molar-refractivity contribution >= 4 is 23.6 Å². The average Bonchev–Trinajstić information content (AvgIpc) is 2.52. The summed E-state index contributed by atoms with van der Waals surface area (Å²) >= 11 is 0. The maximum Gasteiger partial charge on any atom is 0.331 e. The molecule has 0 aliphatic carbocycles. The second kappa shape index (κ2) is 7.89. The zero-order valence-electron chi connectivity index (χ0n) is 12.6. The van der Waals surface area contributed by atoms with Gasteiger partial charge in [-0.25, -0.2) is 9.18 Å². The number of carbonyl (C=O) groups excluding carboxylic acids is 2. The molecule has 0 spiro atoms. The molecule has 0 heterocycles. The van der Waals surface area contributed by atoms with Gasteiger partial charge in [-0.05, 0) is 41.5 Å². The van der Waals surface area contributed by atoms with Crippen LogP contribution >= 0.6 is 0 Å². The minimum atomic E-state index is -0.514.